The van der Waals surface area contributed by atoms with Crippen molar-refractivity contribution in [2.75, 3.05) is 0 Å². The van der Waals surface area contributed by atoms with E-state index in [9.17, 15) is 0 Å². The van der Waals surface area contributed by atoms with Gasteiger partial charge in [-0.2, -0.15) is 0 Å². The summed E-state index contributed by atoms with van der Waals surface area (Å²) in [5.41, 5.74) is 0.134. The zero-order valence-corrected chi connectivity index (χ0v) is 31.5. The van der Waals surface area contributed by atoms with Crippen LogP contribution >= 0.6 is 5.70 Å². The fourth-order valence-electron chi connectivity index (χ4n) is 6.24. The summed E-state index contributed by atoms with van der Waals surface area (Å²) in [6.45, 7) is 29.5. The van der Waals surface area contributed by atoms with Gasteiger partial charge in [0.2, 0.25) is 0 Å². The van der Waals surface area contributed by atoms with Crippen LogP contribution in [0.5, 0.6) is 0 Å². The molecular formula is C30H62NPSi3Ti. The molecule has 0 aromatic heterocycles. The zero-order valence-electron chi connectivity index (χ0n) is 26.1. The third-order valence-corrected chi connectivity index (χ3v) is 69.7. The molecule has 0 atom stereocenters. The predicted octanol–water partition coefficient (Wildman–Crippen LogP) is 12.6. The van der Waals surface area contributed by atoms with Gasteiger partial charge in [0, 0.05) is 33.8 Å². The molecule has 0 spiro atoms. The van der Waals surface area contributed by atoms with Gasteiger partial charge in [0.1, 0.15) is 0 Å². The Morgan fingerprint density at radius 1 is 0.806 bits per heavy atom. The molecule has 208 valence electrons. The minimum Gasteiger partial charge on any atom is -0.283 e. The van der Waals surface area contributed by atoms with Gasteiger partial charge in [0.15, 0.2) is 0 Å². The molecule has 0 bridgehead atoms. The molecule has 1 rings (SSSR count). The first kappa shape index (κ1) is 38.7. The SMILES string of the molecule is C=CC=CCCC.CCCC[Si](C)(C)P(=NC1=CC=CC1)([Si](C)(C)CCCC)[Si](C)(C)CCCC.[Ti]. The maximum absolute atomic E-state index is 6.08. The molecule has 36 heavy (non-hydrogen) atoms. The quantitative estimate of drug-likeness (QED) is 0.0950. The van der Waals surface area contributed by atoms with Crippen LogP contribution in [0.15, 0.2) is 53.5 Å². The van der Waals surface area contributed by atoms with Crippen molar-refractivity contribution in [2.24, 2.45) is 4.74 Å². The van der Waals surface area contributed by atoms with Gasteiger partial charge in [-0.25, -0.2) is 0 Å². The largest absolute Gasteiger partial charge is 0.283 e. The van der Waals surface area contributed by atoms with Crippen LogP contribution < -0.4 is 0 Å². The van der Waals surface area contributed by atoms with E-state index in [1.54, 1.807) is 6.08 Å². The molecule has 1 nitrogen and oxygen atoms in total. The molecule has 1 aliphatic carbocycles. The van der Waals surface area contributed by atoms with E-state index in [1.807, 2.05) is 6.08 Å². The topological polar surface area (TPSA) is 12.4 Å². The fourth-order valence-corrected chi connectivity index (χ4v) is 90.1. The third-order valence-electron chi connectivity index (χ3n) is 7.81. The maximum Gasteiger partial charge on any atom is 0.0873 e. The van der Waals surface area contributed by atoms with Crippen LogP contribution in [0.25, 0.3) is 0 Å². The summed E-state index contributed by atoms with van der Waals surface area (Å²) in [6, 6.07) is 4.52. The van der Waals surface area contributed by atoms with Crippen LogP contribution in [0.4, 0.5) is 0 Å². The van der Waals surface area contributed by atoms with Crippen LogP contribution in [0.2, 0.25) is 57.4 Å². The van der Waals surface area contributed by atoms with Crippen molar-refractivity contribution in [1.82, 2.24) is 0 Å². The van der Waals surface area contributed by atoms with Gasteiger partial charge < -0.3 is 0 Å². The molecule has 0 saturated heterocycles. The van der Waals surface area contributed by atoms with Gasteiger partial charge in [-0.15, -0.1) is 0 Å². The summed E-state index contributed by atoms with van der Waals surface area (Å²) in [5.74, 6) is 0. The fraction of sp³-hybridized carbons (Fsp3) is 0.733. The summed E-state index contributed by atoms with van der Waals surface area (Å²) in [5, 5.41) is 0. The van der Waals surface area contributed by atoms with E-state index in [2.05, 4.69) is 97.9 Å². The smallest absolute Gasteiger partial charge is 0.0873 e. The normalized spacial score (nSPS) is 14.2. The number of hydrogen-bond donors (Lipinski definition) is 0. The summed E-state index contributed by atoms with van der Waals surface area (Å²) in [6.07, 6.45) is 24.6. The minimum absolute atomic E-state index is 0. The van der Waals surface area contributed by atoms with Crippen molar-refractivity contribution in [3.05, 3.63) is 48.7 Å². The van der Waals surface area contributed by atoms with Crippen LogP contribution in [0.1, 0.15) is 85.5 Å². The first-order valence-corrected chi connectivity index (χ1v) is 28.6. The summed E-state index contributed by atoms with van der Waals surface area (Å²) < 4.78 is 6.08. The standard InChI is InChI=1S/C23H50NPSi3.C7H12.Ti/c1-10-13-20-26(4,5)25(24-23-18-16-17-19-23,27(6,7)21-14-11-2)28(8,9)22-15-12-3;1-3-5-7-6-4-2;/h16-18H,10-15,19-22H2,1-9H3;3,5,7H,1,4,6H2,2H3;. The van der Waals surface area contributed by atoms with Gasteiger partial charge >= 0.3 is 0 Å². The number of rotatable bonds is 16. The number of allylic oxidation sites excluding steroid dienone is 6. The Bertz CT molecular complexity index is 694. The van der Waals surface area contributed by atoms with E-state index in [4.69, 9.17) is 4.74 Å². The summed E-state index contributed by atoms with van der Waals surface area (Å²) in [4.78, 5) is 0. The summed E-state index contributed by atoms with van der Waals surface area (Å²) in [7, 11) is -4.33. The molecule has 0 aromatic rings. The molecule has 0 amide bonds. The van der Waals surface area contributed by atoms with Crippen LogP contribution in [0, 0.1) is 0 Å². The molecule has 0 aromatic carbocycles. The molecule has 0 fully saturated rings. The maximum atomic E-state index is 6.08. The predicted molar refractivity (Wildman–Crippen MR) is 177 cm³/mol. The molecule has 0 aliphatic heterocycles. The average Bonchev–Trinajstić information content (AvgIpc) is 3.32. The van der Waals surface area contributed by atoms with Crippen molar-refractivity contribution in [1.29, 1.82) is 0 Å². The molecular weight excluding hydrogens is 537 g/mol. The Hall–Kier alpha value is 0.555. The zero-order chi connectivity index (χ0) is 27.0. The molecule has 0 N–H and O–H groups in total. The van der Waals surface area contributed by atoms with Gasteiger partial charge in [-0.1, -0.05) is 173 Å². The molecule has 0 radical (unpaired) electrons. The minimum atomic E-state index is -1.44. The van der Waals surface area contributed by atoms with Crippen LogP contribution in [0.3, 0.4) is 0 Å². The molecule has 1 aliphatic rings. The van der Waals surface area contributed by atoms with Gasteiger partial charge in [0.05, 0.1) is 23.2 Å². The average molecular weight is 600 g/mol. The first-order valence-electron chi connectivity index (χ1n) is 14.7. The Kier molecular flexibility index (Phi) is 21.1. The Labute approximate surface area is 245 Å². The van der Waals surface area contributed by atoms with E-state index in [1.165, 1.54) is 75.2 Å². The van der Waals surface area contributed by atoms with Crippen LogP contribution in [-0.4, -0.2) is 23.2 Å². The van der Waals surface area contributed by atoms with Crippen LogP contribution in [-0.2, 0) is 21.7 Å². The van der Waals surface area contributed by atoms with Crippen molar-refractivity contribution in [3.63, 3.8) is 0 Å². The van der Waals surface area contributed by atoms with Crippen molar-refractivity contribution >= 4 is 28.9 Å². The van der Waals surface area contributed by atoms with Crippen molar-refractivity contribution in [3.8, 4) is 0 Å². The van der Waals surface area contributed by atoms with Gasteiger partial charge in [-0.3, -0.25) is 4.74 Å². The van der Waals surface area contributed by atoms with Crippen molar-refractivity contribution in [2.45, 2.75) is 143 Å². The molecule has 0 unspecified atom stereocenters. The van der Waals surface area contributed by atoms with E-state index in [-0.39, 0.29) is 21.7 Å². The molecule has 0 heterocycles. The Morgan fingerprint density at radius 3 is 1.56 bits per heavy atom. The van der Waals surface area contributed by atoms with Gasteiger partial charge in [0.25, 0.3) is 0 Å². The number of unbranched alkanes of at least 4 members (excludes halogenated alkanes) is 4. The second-order valence-corrected chi connectivity index (χ2v) is 46.8. The molecule has 0 saturated carbocycles. The van der Waals surface area contributed by atoms with E-state index in [0.717, 1.165) is 6.42 Å². The van der Waals surface area contributed by atoms with Gasteiger partial charge in [-0.05, 0) is 12.5 Å². The third kappa shape index (κ3) is 11.3. The first-order chi connectivity index (χ1) is 16.4. The summed E-state index contributed by atoms with van der Waals surface area (Å²) >= 11 is 0. The van der Waals surface area contributed by atoms with E-state index >= 15 is 0 Å². The monoisotopic (exact) mass is 599 g/mol. The van der Waals surface area contributed by atoms with E-state index < -0.39 is 28.9 Å². The number of hydrogen-bond acceptors (Lipinski definition) is 1. The Balaban J connectivity index is 0. The molecule has 6 heteroatoms. The van der Waals surface area contributed by atoms with Crippen molar-refractivity contribution < 1.29 is 21.7 Å². The second kappa shape index (κ2) is 19.6. The Morgan fingerprint density at radius 2 is 1.25 bits per heavy atom. The van der Waals surface area contributed by atoms with E-state index in [0.29, 0.717) is 0 Å². The second-order valence-electron chi connectivity index (χ2n) is 12.2. The number of nitrogens with zero attached hydrogens (tertiary/aromatic N) is 1.